The quantitative estimate of drug-likeness (QED) is 0.614. The van der Waals surface area contributed by atoms with E-state index in [1.165, 1.54) is 12.8 Å². The molecule has 0 spiro atoms. The second kappa shape index (κ2) is 9.13. The normalized spacial score (nSPS) is 15.6. The molecule has 2 unspecified atom stereocenters. The average Bonchev–Trinajstić information content (AvgIpc) is 2.25. The lowest BCUT2D eigenvalue weighted by Crippen LogP contribution is -2.43. The molecule has 0 saturated heterocycles. The first kappa shape index (κ1) is 14.9. The van der Waals surface area contributed by atoms with Crippen LogP contribution in [0.2, 0.25) is 0 Å². The Morgan fingerprint density at radius 1 is 0.933 bits per heavy atom. The predicted octanol–water partition coefficient (Wildman–Crippen LogP) is 1.56. The molecular formula is C12H29N3. The van der Waals surface area contributed by atoms with E-state index in [0.29, 0.717) is 12.1 Å². The van der Waals surface area contributed by atoms with Crippen LogP contribution < -0.4 is 11.5 Å². The largest absolute Gasteiger partial charge is 0.327 e. The second-order valence-electron chi connectivity index (χ2n) is 4.45. The van der Waals surface area contributed by atoms with Gasteiger partial charge in [-0.3, -0.25) is 0 Å². The Morgan fingerprint density at radius 3 is 1.73 bits per heavy atom. The molecule has 0 saturated carbocycles. The standard InChI is InChI=1S/C12H29N3/c1-4-7-8-15(9-11(13)5-2)10-12(14)6-3/h11-12H,4-10,13-14H2,1-3H3. The molecule has 0 aromatic rings. The maximum atomic E-state index is 5.98. The Bertz CT molecular complexity index is 127. The summed E-state index contributed by atoms with van der Waals surface area (Å²) in [6.45, 7) is 9.62. The third kappa shape index (κ3) is 7.77. The molecule has 0 rings (SSSR count). The van der Waals surface area contributed by atoms with E-state index in [0.717, 1.165) is 32.5 Å². The molecule has 3 nitrogen and oxygen atoms in total. The lowest BCUT2D eigenvalue weighted by Gasteiger charge is -2.27. The van der Waals surface area contributed by atoms with Crippen LogP contribution in [0.25, 0.3) is 0 Å². The van der Waals surface area contributed by atoms with Gasteiger partial charge in [0, 0.05) is 25.2 Å². The molecule has 0 fully saturated rings. The predicted molar refractivity (Wildman–Crippen MR) is 67.9 cm³/mol. The van der Waals surface area contributed by atoms with Crippen LogP contribution in [0.4, 0.5) is 0 Å². The van der Waals surface area contributed by atoms with Crippen molar-refractivity contribution in [3.63, 3.8) is 0 Å². The highest BCUT2D eigenvalue weighted by Gasteiger charge is 2.11. The van der Waals surface area contributed by atoms with E-state index in [1.807, 2.05) is 0 Å². The smallest absolute Gasteiger partial charge is 0.0165 e. The van der Waals surface area contributed by atoms with E-state index in [2.05, 4.69) is 25.7 Å². The molecule has 4 N–H and O–H groups in total. The van der Waals surface area contributed by atoms with Gasteiger partial charge < -0.3 is 16.4 Å². The summed E-state index contributed by atoms with van der Waals surface area (Å²) in [5.41, 5.74) is 12.0. The monoisotopic (exact) mass is 215 g/mol. The summed E-state index contributed by atoms with van der Waals surface area (Å²) >= 11 is 0. The van der Waals surface area contributed by atoms with Crippen LogP contribution in [-0.2, 0) is 0 Å². The van der Waals surface area contributed by atoms with Gasteiger partial charge in [-0.05, 0) is 25.8 Å². The fourth-order valence-corrected chi connectivity index (χ4v) is 1.56. The van der Waals surface area contributed by atoms with Gasteiger partial charge in [0.1, 0.15) is 0 Å². The summed E-state index contributed by atoms with van der Waals surface area (Å²) in [5.74, 6) is 0. The summed E-state index contributed by atoms with van der Waals surface area (Å²) in [6.07, 6.45) is 4.57. The van der Waals surface area contributed by atoms with Gasteiger partial charge in [0.2, 0.25) is 0 Å². The molecule has 0 aromatic carbocycles. The van der Waals surface area contributed by atoms with Crippen molar-refractivity contribution in [3.05, 3.63) is 0 Å². The Balaban J connectivity index is 3.93. The number of rotatable bonds is 9. The Kier molecular flexibility index (Phi) is 9.06. The highest BCUT2D eigenvalue weighted by molar-refractivity contribution is 4.71. The van der Waals surface area contributed by atoms with Crippen molar-refractivity contribution in [2.75, 3.05) is 19.6 Å². The van der Waals surface area contributed by atoms with Crippen molar-refractivity contribution in [1.82, 2.24) is 4.90 Å². The van der Waals surface area contributed by atoms with Crippen LogP contribution in [0.15, 0.2) is 0 Å². The summed E-state index contributed by atoms with van der Waals surface area (Å²) < 4.78 is 0. The van der Waals surface area contributed by atoms with Gasteiger partial charge in [-0.25, -0.2) is 0 Å². The van der Waals surface area contributed by atoms with E-state index in [-0.39, 0.29) is 0 Å². The molecule has 0 heterocycles. The maximum absolute atomic E-state index is 5.98. The highest BCUT2D eigenvalue weighted by Crippen LogP contribution is 2.01. The molecule has 0 amide bonds. The van der Waals surface area contributed by atoms with Crippen LogP contribution in [0.3, 0.4) is 0 Å². The number of hydrogen-bond donors (Lipinski definition) is 2. The molecule has 2 atom stereocenters. The third-order valence-corrected chi connectivity index (χ3v) is 2.86. The van der Waals surface area contributed by atoms with Crippen molar-refractivity contribution < 1.29 is 0 Å². The Hall–Kier alpha value is -0.120. The molecule has 0 aliphatic rings. The summed E-state index contributed by atoms with van der Waals surface area (Å²) in [7, 11) is 0. The van der Waals surface area contributed by atoms with Crippen LogP contribution in [-0.4, -0.2) is 36.6 Å². The molecule has 0 aliphatic heterocycles. The fourth-order valence-electron chi connectivity index (χ4n) is 1.56. The average molecular weight is 215 g/mol. The maximum Gasteiger partial charge on any atom is 0.0165 e. The van der Waals surface area contributed by atoms with Crippen molar-refractivity contribution in [3.8, 4) is 0 Å². The highest BCUT2D eigenvalue weighted by atomic mass is 15.1. The molecular weight excluding hydrogens is 186 g/mol. The number of unbranched alkanes of at least 4 members (excludes halogenated alkanes) is 1. The van der Waals surface area contributed by atoms with Gasteiger partial charge in [-0.15, -0.1) is 0 Å². The van der Waals surface area contributed by atoms with Crippen molar-refractivity contribution in [2.45, 2.75) is 58.5 Å². The van der Waals surface area contributed by atoms with Crippen molar-refractivity contribution >= 4 is 0 Å². The van der Waals surface area contributed by atoms with Crippen molar-refractivity contribution in [1.29, 1.82) is 0 Å². The van der Waals surface area contributed by atoms with Gasteiger partial charge in [0.15, 0.2) is 0 Å². The minimum absolute atomic E-state index is 0.297. The molecule has 0 bridgehead atoms. The number of nitrogens with two attached hydrogens (primary N) is 2. The molecule has 0 aliphatic carbocycles. The van der Waals surface area contributed by atoms with Crippen LogP contribution in [0.1, 0.15) is 46.5 Å². The van der Waals surface area contributed by atoms with Gasteiger partial charge in [-0.1, -0.05) is 27.2 Å². The fraction of sp³-hybridized carbons (Fsp3) is 1.00. The zero-order valence-corrected chi connectivity index (χ0v) is 10.7. The molecule has 92 valence electrons. The van der Waals surface area contributed by atoms with Crippen LogP contribution >= 0.6 is 0 Å². The topological polar surface area (TPSA) is 55.3 Å². The van der Waals surface area contributed by atoms with E-state index in [9.17, 15) is 0 Å². The zero-order chi connectivity index (χ0) is 11.7. The lowest BCUT2D eigenvalue weighted by molar-refractivity contribution is 0.234. The van der Waals surface area contributed by atoms with E-state index >= 15 is 0 Å². The third-order valence-electron chi connectivity index (χ3n) is 2.86. The molecule has 0 aromatic heterocycles. The van der Waals surface area contributed by atoms with E-state index in [4.69, 9.17) is 11.5 Å². The van der Waals surface area contributed by atoms with Gasteiger partial charge in [0.25, 0.3) is 0 Å². The SMILES string of the molecule is CCCCN(CC(N)CC)CC(N)CC. The molecule has 15 heavy (non-hydrogen) atoms. The van der Waals surface area contributed by atoms with Crippen LogP contribution in [0.5, 0.6) is 0 Å². The first-order valence-corrected chi connectivity index (χ1v) is 6.37. The zero-order valence-electron chi connectivity index (χ0n) is 10.7. The van der Waals surface area contributed by atoms with Gasteiger partial charge >= 0.3 is 0 Å². The summed E-state index contributed by atoms with van der Waals surface area (Å²) in [6, 6.07) is 0.594. The van der Waals surface area contributed by atoms with E-state index < -0.39 is 0 Å². The van der Waals surface area contributed by atoms with E-state index in [1.54, 1.807) is 0 Å². The summed E-state index contributed by atoms with van der Waals surface area (Å²) in [5, 5.41) is 0. The molecule has 3 heteroatoms. The van der Waals surface area contributed by atoms with Gasteiger partial charge in [0.05, 0.1) is 0 Å². The first-order chi connectivity index (χ1) is 7.13. The molecule has 0 radical (unpaired) electrons. The van der Waals surface area contributed by atoms with Crippen LogP contribution in [0, 0.1) is 0 Å². The first-order valence-electron chi connectivity index (χ1n) is 6.37. The Labute approximate surface area is 95.2 Å². The lowest BCUT2D eigenvalue weighted by atomic mass is 10.1. The minimum atomic E-state index is 0.297. The Morgan fingerprint density at radius 2 is 1.40 bits per heavy atom. The minimum Gasteiger partial charge on any atom is -0.327 e. The van der Waals surface area contributed by atoms with Crippen molar-refractivity contribution in [2.24, 2.45) is 11.5 Å². The van der Waals surface area contributed by atoms with Gasteiger partial charge in [-0.2, -0.15) is 0 Å². The second-order valence-corrected chi connectivity index (χ2v) is 4.45. The summed E-state index contributed by atoms with van der Waals surface area (Å²) in [4.78, 5) is 2.42. The number of nitrogens with zero attached hydrogens (tertiary/aromatic N) is 1. The number of hydrogen-bond acceptors (Lipinski definition) is 3.